The van der Waals surface area contributed by atoms with Gasteiger partial charge in [0.1, 0.15) is 0 Å². The monoisotopic (exact) mass is 245 g/mol. The lowest BCUT2D eigenvalue weighted by Gasteiger charge is -2.21. The normalized spacial score (nSPS) is 26.1. The van der Waals surface area contributed by atoms with Crippen LogP contribution in [0.5, 0.6) is 0 Å². The van der Waals surface area contributed by atoms with E-state index in [9.17, 15) is 4.79 Å². The molecule has 94 valence electrons. The van der Waals surface area contributed by atoms with Gasteiger partial charge in [0, 0.05) is 5.56 Å². The Morgan fingerprint density at radius 1 is 1.50 bits per heavy atom. The van der Waals surface area contributed by atoms with E-state index in [0.717, 1.165) is 5.56 Å². The van der Waals surface area contributed by atoms with Crippen molar-refractivity contribution >= 4 is 11.9 Å². The first-order valence-corrected chi connectivity index (χ1v) is 5.64. The van der Waals surface area contributed by atoms with Crippen LogP contribution in [0.2, 0.25) is 0 Å². The number of methoxy groups -OCH3 is 1. The van der Waals surface area contributed by atoms with Gasteiger partial charge in [-0.25, -0.2) is 9.79 Å². The minimum absolute atomic E-state index is 0.432. The van der Waals surface area contributed by atoms with E-state index in [0.29, 0.717) is 5.90 Å². The fourth-order valence-corrected chi connectivity index (χ4v) is 1.90. The van der Waals surface area contributed by atoms with E-state index in [1.807, 2.05) is 30.3 Å². The third kappa shape index (κ3) is 1.90. The second-order valence-electron chi connectivity index (χ2n) is 4.20. The highest BCUT2D eigenvalue weighted by Gasteiger charge is 2.48. The number of hydrogen-bond acceptors (Lipinski definition) is 4. The van der Waals surface area contributed by atoms with Crippen molar-refractivity contribution in [3.63, 3.8) is 0 Å². The van der Waals surface area contributed by atoms with Crippen molar-refractivity contribution in [1.29, 1.82) is 0 Å². The molecule has 0 fully saturated rings. The van der Waals surface area contributed by atoms with E-state index >= 15 is 0 Å². The van der Waals surface area contributed by atoms with E-state index < -0.39 is 17.6 Å². The number of benzene rings is 1. The molecule has 1 aliphatic heterocycles. The molecule has 2 atom stereocenters. The molecule has 1 aliphatic rings. The molecular weight excluding hydrogens is 230 g/mol. The highest BCUT2D eigenvalue weighted by Crippen LogP contribution is 2.29. The number of esters is 1. The largest absolute Gasteiger partial charge is 0.467 e. The minimum Gasteiger partial charge on any atom is -0.467 e. The fraction of sp³-hybridized carbons (Fsp3) is 0.286. The summed E-state index contributed by atoms with van der Waals surface area (Å²) >= 11 is 0. The maximum absolute atomic E-state index is 11.8. The Bertz CT molecular complexity index is 495. The van der Waals surface area contributed by atoms with Gasteiger partial charge in [-0.05, 0) is 25.1 Å². The molecule has 0 amide bonds. The zero-order valence-electron chi connectivity index (χ0n) is 10.4. The van der Waals surface area contributed by atoms with E-state index in [1.54, 1.807) is 13.0 Å². The molecule has 0 bridgehead atoms. The molecule has 0 aliphatic carbocycles. The lowest BCUT2D eigenvalue weighted by Crippen LogP contribution is -2.42. The average molecular weight is 245 g/mol. The predicted molar refractivity (Wildman–Crippen MR) is 68.5 cm³/mol. The van der Waals surface area contributed by atoms with Crippen molar-refractivity contribution in [2.24, 2.45) is 4.99 Å². The summed E-state index contributed by atoms with van der Waals surface area (Å²) in [6.07, 6.45) is 1.05. The minimum atomic E-state index is -1.07. The van der Waals surface area contributed by atoms with Crippen LogP contribution in [0.25, 0.3) is 0 Å². The van der Waals surface area contributed by atoms with Crippen molar-refractivity contribution < 1.29 is 14.3 Å². The van der Waals surface area contributed by atoms with Crippen LogP contribution in [0.15, 0.2) is 48.0 Å². The fourth-order valence-electron chi connectivity index (χ4n) is 1.90. The van der Waals surface area contributed by atoms with Crippen LogP contribution < -0.4 is 0 Å². The van der Waals surface area contributed by atoms with Crippen LogP contribution in [0.4, 0.5) is 0 Å². The molecule has 0 radical (unpaired) electrons. The summed E-state index contributed by atoms with van der Waals surface area (Å²) in [5.41, 5.74) is -0.237. The Morgan fingerprint density at radius 2 is 2.17 bits per heavy atom. The highest BCUT2D eigenvalue weighted by atomic mass is 16.5. The van der Waals surface area contributed by atoms with Gasteiger partial charge in [-0.15, -0.1) is 0 Å². The van der Waals surface area contributed by atoms with Crippen molar-refractivity contribution in [1.82, 2.24) is 0 Å². The maximum atomic E-state index is 11.8. The van der Waals surface area contributed by atoms with Crippen LogP contribution in [0.3, 0.4) is 0 Å². The smallest absolute Gasteiger partial charge is 0.337 e. The van der Waals surface area contributed by atoms with Crippen LogP contribution in [0.1, 0.15) is 12.5 Å². The molecule has 1 heterocycles. The van der Waals surface area contributed by atoms with Gasteiger partial charge in [0.2, 0.25) is 5.90 Å². The molecule has 0 spiro atoms. The van der Waals surface area contributed by atoms with Crippen molar-refractivity contribution in [2.75, 3.05) is 7.11 Å². The number of ether oxygens (including phenoxy) is 2. The number of nitrogens with zero attached hydrogens (tertiary/aromatic N) is 1. The lowest BCUT2D eigenvalue weighted by molar-refractivity contribution is -0.147. The first kappa shape index (κ1) is 12.4. The molecule has 0 N–H and O–H groups in total. The Kier molecular flexibility index (Phi) is 3.19. The average Bonchev–Trinajstić information content (AvgIpc) is 2.77. The standard InChI is InChI=1S/C14H15NO3/c1-4-11-14(2,13(16)17-3)15-12(18-11)10-8-6-5-7-9-10/h4-9,11H,1H2,2-3H3/t11-,14-/m0/s1. The lowest BCUT2D eigenvalue weighted by atomic mass is 9.96. The summed E-state index contributed by atoms with van der Waals surface area (Å²) in [6.45, 7) is 5.36. The summed E-state index contributed by atoms with van der Waals surface area (Å²) in [6, 6.07) is 9.43. The van der Waals surface area contributed by atoms with Crippen LogP contribution >= 0.6 is 0 Å². The Labute approximate surface area is 106 Å². The summed E-state index contributed by atoms with van der Waals surface area (Å²) < 4.78 is 10.4. The summed E-state index contributed by atoms with van der Waals surface area (Å²) in [5, 5.41) is 0. The van der Waals surface area contributed by atoms with E-state index in [-0.39, 0.29) is 0 Å². The quantitative estimate of drug-likeness (QED) is 0.604. The maximum Gasteiger partial charge on any atom is 0.337 e. The number of aliphatic imine (C=N–C) groups is 1. The van der Waals surface area contributed by atoms with Crippen LogP contribution in [-0.4, -0.2) is 30.6 Å². The summed E-state index contributed by atoms with van der Waals surface area (Å²) in [4.78, 5) is 16.2. The molecular formula is C14H15NO3. The Hall–Kier alpha value is -2.10. The number of rotatable bonds is 3. The first-order valence-electron chi connectivity index (χ1n) is 5.64. The molecule has 0 aromatic heterocycles. The zero-order valence-corrected chi connectivity index (χ0v) is 10.4. The Morgan fingerprint density at radius 3 is 2.72 bits per heavy atom. The predicted octanol–water partition coefficient (Wildman–Crippen LogP) is 1.95. The number of hydrogen-bond donors (Lipinski definition) is 0. The van der Waals surface area contributed by atoms with E-state index in [2.05, 4.69) is 11.6 Å². The molecule has 4 heteroatoms. The molecule has 0 unspecified atom stereocenters. The van der Waals surface area contributed by atoms with Crippen LogP contribution in [-0.2, 0) is 14.3 Å². The Balaban J connectivity index is 2.39. The van der Waals surface area contributed by atoms with E-state index in [1.165, 1.54) is 7.11 Å². The topological polar surface area (TPSA) is 47.9 Å². The second-order valence-corrected chi connectivity index (χ2v) is 4.20. The first-order chi connectivity index (χ1) is 8.61. The van der Waals surface area contributed by atoms with Gasteiger partial charge in [0.05, 0.1) is 7.11 Å². The van der Waals surface area contributed by atoms with Gasteiger partial charge in [0.15, 0.2) is 11.6 Å². The van der Waals surface area contributed by atoms with Crippen molar-refractivity contribution in [3.8, 4) is 0 Å². The molecule has 0 saturated carbocycles. The van der Waals surface area contributed by atoms with Gasteiger partial charge >= 0.3 is 5.97 Å². The molecule has 4 nitrogen and oxygen atoms in total. The molecule has 18 heavy (non-hydrogen) atoms. The van der Waals surface area contributed by atoms with Crippen molar-refractivity contribution in [2.45, 2.75) is 18.6 Å². The van der Waals surface area contributed by atoms with Crippen LogP contribution in [0, 0.1) is 0 Å². The summed E-state index contributed by atoms with van der Waals surface area (Å²) in [5.74, 6) is 0.00623. The van der Waals surface area contributed by atoms with Gasteiger partial charge in [0.25, 0.3) is 0 Å². The van der Waals surface area contributed by atoms with Gasteiger partial charge in [-0.3, -0.25) is 0 Å². The third-order valence-corrected chi connectivity index (χ3v) is 2.96. The molecule has 2 rings (SSSR count). The number of carbonyl (C=O) groups is 1. The van der Waals surface area contributed by atoms with E-state index in [4.69, 9.17) is 9.47 Å². The third-order valence-electron chi connectivity index (χ3n) is 2.96. The second kappa shape index (κ2) is 4.64. The SMILES string of the molecule is C=C[C@@H]1OC(c2ccccc2)=N[C@]1(C)C(=O)OC. The molecule has 1 aromatic rings. The highest BCUT2D eigenvalue weighted by molar-refractivity contribution is 5.99. The zero-order chi connectivity index (χ0) is 13.2. The van der Waals surface area contributed by atoms with Gasteiger partial charge in [-0.1, -0.05) is 24.8 Å². The van der Waals surface area contributed by atoms with Gasteiger partial charge in [-0.2, -0.15) is 0 Å². The number of carbonyl (C=O) groups excluding carboxylic acids is 1. The molecule has 0 saturated heterocycles. The van der Waals surface area contributed by atoms with Crippen molar-refractivity contribution in [3.05, 3.63) is 48.6 Å². The summed E-state index contributed by atoms with van der Waals surface area (Å²) in [7, 11) is 1.34. The molecule has 1 aromatic carbocycles. The van der Waals surface area contributed by atoms with Gasteiger partial charge < -0.3 is 9.47 Å².